The monoisotopic (exact) mass is 209 g/mol. The fourth-order valence-electron chi connectivity index (χ4n) is 1.52. The Morgan fingerprint density at radius 3 is 2.47 bits per heavy atom. The fraction of sp³-hybridized carbons (Fsp3) is 0.500. The number of nitrogens with zero attached hydrogens (tertiary/aromatic N) is 1. The highest BCUT2D eigenvalue weighted by Crippen LogP contribution is 2.16. The summed E-state index contributed by atoms with van der Waals surface area (Å²) in [5, 5.41) is 20.2. The molecular weight excluding hydrogens is 190 g/mol. The first-order valence-corrected chi connectivity index (χ1v) is 5.43. The lowest BCUT2D eigenvalue weighted by Crippen LogP contribution is -2.35. The third kappa shape index (κ3) is 3.53. The summed E-state index contributed by atoms with van der Waals surface area (Å²) in [5.41, 5.74) is 0.729. The van der Waals surface area contributed by atoms with E-state index in [-0.39, 0.29) is 12.6 Å². The highest BCUT2D eigenvalue weighted by molar-refractivity contribution is 5.43. The molecule has 0 amide bonds. The van der Waals surface area contributed by atoms with Gasteiger partial charge in [0.15, 0.2) is 0 Å². The Morgan fingerprint density at radius 2 is 1.93 bits per heavy atom. The summed E-state index contributed by atoms with van der Waals surface area (Å²) in [6, 6.07) is 9.09. The minimum atomic E-state index is -0.202. The lowest BCUT2D eigenvalue weighted by molar-refractivity contribution is 0.153. The molecule has 0 spiro atoms. The quantitative estimate of drug-likeness (QED) is 0.707. The van der Waals surface area contributed by atoms with E-state index in [1.165, 1.54) is 0 Å². The molecule has 0 bridgehead atoms. The van der Waals surface area contributed by atoms with Crippen molar-refractivity contribution in [3.05, 3.63) is 30.3 Å². The van der Waals surface area contributed by atoms with Gasteiger partial charge in [-0.3, -0.25) is 10.3 Å². The number of benzene rings is 1. The number of rotatable bonds is 6. The van der Waals surface area contributed by atoms with Gasteiger partial charge in [-0.05, 0) is 18.6 Å². The van der Waals surface area contributed by atoms with Crippen LogP contribution >= 0.6 is 0 Å². The summed E-state index contributed by atoms with van der Waals surface area (Å²) in [6.07, 6.45) is 2.88. The van der Waals surface area contributed by atoms with Gasteiger partial charge in [-0.15, -0.1) is 0 Å². The van der Waals surface area contributed by atoms with Gasteiger partial charge in [0, 0.05) is 0 Å². The number of anilines is 1. The van der Waals surface area contributed by atoms with Crippen molar-refractivity contribution < 1.29 is 10.3 Å². The first-order valence-electron chi connectivity index (χ1n) is 5.43. The molecule has 0 heterocycles. The van der Waals surface area contributed by atoms with Gasteiger partial charge in [-0.25, -0.2) is 0 Å². The molecule has 3 nitrogen and oxygen atoms in total. The number of hydroxylamine groups is 1. The Morgan fingerprint density at radius 1 is 1.27 bits per heavy atom. The van der Waals surface area contributed by atoms with E-state index in [4.69, 9.17) is 0 Å². The van der Waals surface area contributed by atoms with Gasteiger partial charge in [0.05, 0.1) is 18.3 Å². The van der Waals surface area contributed by atoms with Gasteiger partial charge >= 0.3 is 0 Å². The molecule has 0 saturated carbocycles. The van der Waals surface area contributed by atoms with Gasteiger partial charge in [0.1, 0.15) is 0 Å². The summed E-state index contributed by atoms with van der Waals surface area (Å²) in [5.74, 6) is 0. The van der Waals surface area contributed by atoms with Crippen LogP contribution in [0.1, 0.15) is 26.2 Å². The molecular formula is C12H19NO2. The van der Waals surface area contributed by atoms with Crippen LogP contribution in [0, 0.1) is 0 Å². The third-order valence-electron chi connectivity index (χ3n) is 2.47. The van der Waals surface area contributed by atoms with Gasteiger partial charge in [-0.1, -0.05) is 38.0 Å². The molecule has 1 unspecified atom stereocenters. The molecule has 0 saturated heterocycles. The summed E-state index contributed by atoms with van der Waals surface area (Å²) in [6.45, 7) is 2.07. The largest absolute Gasteiger partial charge is 0.394 e. The maximum atomic E-state index is 9.88. The number of para-hydroxylation sites is 1. The minimum Gasteiger partial charge on any atom is -0.394 e. The van der Waals surface area contributed by atoms with E-state index < -0.39 is 0 Å². The Labute approximate surface area is 90.9 Å². The van der Waals surface area contributed by atoms with Crippen molar-refractivity contribution in [2.45, 2.75) is 32.2 Å². The highest BCUT2D eigenvalue weighted by Gasteiger charge is 2.15. The molecule has 0 radical (unpaired) electrons. The van der Waals surface area contributed by atoms with Crippen molar-refractivity contribution >= 4 is 5.69 Å². The second-order valence-corrected chi connectivity index (χ2v) is 3.66. The highest BCUT2D eigenvalue weighted by atomic mass is 16.5. The molecule has 1 aromatic rings. The third-order valence-corrected chi connectivity index (χ3v) is 2.47. The Hall–Kier alpha value is -1.06. The average Bonchev–Trinajstić information content (AvgIpc) is 2.31. The molecule has 0 fully saturated rings. The second kappa shape index (κ2) is 6.43. The molecule has 0 aliphatic rings. The van der Waals surface area contributed by atoms with Crippen LogP contribution in [0.4, 0.5) is 5.69 Å². The number of hydrogen-bond donors (Lipinski definition) is 2. The van der Waals surface area contributed by atoms with E-state index in [9.17, 15) is 10.3 Å². The molecule has 0 aliphatic carbocycles. The zero-order valence-electron chi connectivity index (χ0n) is 9.13. The summed E-state index contributed by atoms with van der Waals surface area (Å²) in [4.78, 5) is 0. The predicted molar refractivity (Wildman–Crippen MR) is 61.1 cm³/mol. The molecule has 0 aliphatic heterocycles. The van der Waals surface area contributed by atoms with Gasteiger partial charge in [-0.2, -0.15) is 0 Å². The lowest BCUT2D eigenvalue weighted by Gasteiger charge is -2.26. The zero-order valence-corrected chi connectivity index (χ0v) is 9.13. The van der Waals surface area contributed by atoms with Crippen molar-refractivity contribution in [3.8, 4) is 0 Å². The van der Waals surface area contributed by atoms with E-state index in [1.807, 2.05) is 30.3 Å². The van der Waals surface area contributed by atoms with Gasteiger partial charge < -0.3 is 5.11 Å². The molecule has 1 rings (SSSR count). The Kier molecular flexibility index (Phi) is 5.15. The maximum absolute atomic E-state index is 9.88. The molecule has 2 N–H and O–H groups in total. The standard InChI is InChI=1S/C12H19NO2/c1-2-3-7-12(10-14)13(15)11-8-5-4-6-9-11/h4-6,8-9,12,14-15H,2-3,7,10H2,1H3. The first kappa shape index (κ1) is 12.0. The molecule has 1 atom stereocenters. The summed E-state index contributed by atoms with van der Waals surface area (Å²) in [7, 11) is 0. The van der Waals surface area contributed by atoms with Crippen LogP contribution in [-0.4, -0.2) is 23.0 Å². The van der Waals surface area contributed by atoms with Gasteiger partial charge in [0.2, 0.25) is 0 Å². The van der Waals surface area contributed by atoms with Crippen molar-refractivity contribution in [1.82, 2.24) is 0 Å². The molecule has 1 aromatic carbocycles. The summed E-state index contributed by atoms with van der Waals surface area (Å²) < 4.78 is 0. The van der Waals surface area contributed by atoms with Crippen LogP contribution < -0.4 is 5.06 Å². The van der Waals surface area contributed by atoms with E-state index in [0.717, 1.165) is 30.0 Å². The zero-order chi connectivity index (χ0) is 11.1. The number of unbranched alkanes of at least 4 members (excludes halogenated alkanes) is 1. The van der Waals surface area contributed by atoms with Crippen molar-refractivity contribution in [2.24, 2.45) is 0 Å². The molecule has 0 aromatic heterocycles. The Balaban J connectivity index is 2.60. The molecule has 3 heteroatoms. The van der Waals surface area contributed by atoms with E-state index in [0.29, 0.717) is 0 Å². The van der Waals surface area contributed by atoms with E-state index >= 15 is 0 Å². The second-order valence-electron chi connectivity index (χ2n) is 3.66. The van der Waals surface area contributed by atoms with Crippen molar-refractivity contribution in [2.75, 3.05) is 11.7 Å². The van der Waals surface area contributed by atoms with E-state index in [1.54, 1.807) is 0 Å². The van der Waals surface area contributed by atoms with Crippen LogP contribution in [0.15, 0.2) is 30.3 Å². The normalized spacial score (nSPS) is 12.5. The van der Waals surface area contributed by atoms with Crippen LogP contribution in [0.3, 0.4) is 0 Å². The maximum Gasteiger partial charge on any atom is 0.0794 e. The number of aliphatic hydroxyl groups excluding tert-OH is 1. The number of hydrogen-bond acceptors (Lipinski definition) is 3. The van der Waals surface area contributed by atoms with Crippen LogP contribution in [0.2, 0.25) is 0 Å². The first-order chi connectivity index (χ1) is 7.29. The lowest BCUT2D eigenvalue weighted by atomic mass is 10.1. The van der Waals surface area contributed by atoms with Crippen LogP contribution in [0.5, 0.6) is 0 Å². The SMILES string of the molecule is CCCCC(CO)N(O)c1ccccc1. The van der Waals surface area contributed by atoms with Crippen LogP contribution in [0.25, 0.3) is 0 Å². The topological polar surface area (TPSA) is 43.7 Å². The Bertz CT molecular complexity index is 264. The van der Waals surface area contributed by atoms with Crippen molar-refractivity contribution in [1.29, 1.82) is 0 Å². The average molecular weight is 209 g/mol. The predicted octanol–water partition coefficient (Wildman–Crippen LogP) is 2.43. The smallest absolute Gasteiger partial charge is 0.0794 e. The number of aliphatic hydroxyl groups is 1. The molecule has 15 heavy (non-hydrogen) atoms. The van der Waals surface area contributed by atoms with Crippen molar-refractivity contribution in [3.63, 3.8) is 0 Å². The summed E-state index contributed by atoms with van der Waals surface area (Å²) >= 11 is 0. The fourth-order valence-corrected chi connectivity index (χ4v) is 1.52. The molecule has 84 valence electrons. The minimum absolute atomic E-state index is 0.0224. The van der Waals surface area contributed by atoms with E-state index in [2.05, 4.69) is 6.92 Å². The van der Waals surface area contributed by atoms with Crippen LogP contribution in [-0.2, 0) is 0 Å². The van der Waals surface area contributed by atoms with Gasteiger partial charge in [0.25, 0.3) is 0 Å².